The molecule has 0 aromatic rings. The minimum atomic E-state index is 0. The van der Waals surface area contributed by atoms with Crippen molar-refractivity contribution in [1.82, 2.24) is 0 Å². The van der Waals surface area contributed by atoms with Gasteiger partial charge in [-0.05, 0) is 0 Å². The Hall–Kier alpha value is 2.94. The maximum Gasteiger partial charge on any atom is 0 e. The topological polar surface area (TPSA) is 0 Å². The molecule has 0 aromatic carbocycles. The molecule has 0 fully saturated rings. The van der Waals surface area contributed by atoms with Crippen LogP contribution in [0.2, 0.25) is 0 Å². The molecule has 4 heavy (non-hydrogen) atoms. The van der Waals surface area contributed by atoms with Crippen LogP contribution in [0.25, 0.3) is 0 Å². The van der Waals surface area contributed by atoms with Gasteiger partial charge in [0.15, 0.2) is 0 Å². The molecule has 0 atom stereocenters. The van der Waals surface area contributed by atoms with Crippen LogP contribution < -0.4 is 0 Å². The van der Waals surface area contributed by atoms with Crippen LogP contribution in [0.15, 0.2) is 0 Å². The molecular weight excluding hydrogens is 443 g/mol. The van der Waals surface area contributed by atoms with E-state index in [0.29, 0.717) is 0 Å². The van der Waals surface area contributed by atoms with E-state index in [1.54, 1.807) is 0 Å². The molecule has 0 spiro atoms. The van der Waals surface area contributed by atoms with Crippen LogP contribution in [0.3, 0.4) is 0 Å². The fourth-order valence-corrected chi connectivity index (χ4v) is 0. The third kappa shape index (κ3) is 8.87. The first kappa shape index (κ1) is 28.4. The number of hydrogen-bond donors (Lipinski definition) is 0. The van der Waals surface area contributed by atoms with E-state index in [-0.39, 0.29) is 89.7 Å². The first-order valence-electron chi connectivity index (χ1n) is 0. The zero-order chi connectivity index (χ0) is 0. The predicted octanol–water partition coefficient (Wildman–Crippen LogP) is -2.11. The molecule has 0 bridgehead atoms. The van der Waals surface area contributed by atoms with Gasteiger partial charge >= 0.3 is 53.1 Å². The van der Waals surface area contributed by atoms with Crippen LogP contribution in [-0.4, -0.2) is 53.1 Å². The van der Waals surface area contributed by atoms with E-state index in [9.17, 15) is 0 Å². The fraction of sp³-hybridized carbons (Fsp3) is 0. The van der Waals surface area contributed by atoms with E-state index in [4.69, 9.17) is 0 Å². The van der Waals surface area contributed by atoms with Crippen molar-refractivity contribution in [3.8, 4) is 0 Å². The van der Waals surface area contributed by atoms with Crippen molar-refractivity contribution in [1.29, 1.82) is 0 Å². The van der Waals surface area contributed by atoms with E-state index in [1.807, 2.05) is 0 Å². The summed E-state index contributed by atoms with van der Waals surface area (Å²) in [7, 11) is 0. The minimum absolute atomic E-state index is 0. The summed E-state index contributed by atoms with van der Waals surface area (Å²) in [6, 6.07) is 0. The zero-order valence-electron chi connectivity index (χ0n) is 1.77. The Balaban J connectivity index is 0. The van der Waals surface area contributed by atoms with E-state index in [1.165, 1.54) is 0 Å². The third-order valence-corrected chi connectivity index (χ3v) is 0. The Labute approximate surface area is 88.0 Å². The molecule has 0 saturated heterocycles. The minimum Gasteiger partial charge on any atom is 0 e. The van der Waals surface area contributed by atoms with Gasteiger partial charge in [0.2, 0.25) is 0 Å². The van der Waals surface area contributed by atoms with Crippen LogP contribution in [-0.2, 0) is 36.5 Å². The Morgan fingerprint density at radius 3 is 1.00 bits per heavy atom. The Morgan fingerprint density at radius 2 is 1.00 bits per heavy atom. The molecule has 0 aliphatic carbocycles. The average Bonchev–Trinajstić information content (AvgIpc) is 0. The number of hydrogen-bond acceptors (Lipinski definition) is 0. The quantitative estimate of drug-likeness (QED) is 0.373. The molecule has 0 aliphatic rings. The third-order valence-electron chi connectivity index (χ3n) is 0. The zero-order valence-corrected chi connectivity index (χ0v) is 11.3. The predicted molar refractivity (Wildman–Crippen MR) is 18.5 cm³/mol. The van der Waals surface area contributed by atoms with Crippen molar-refractivity contribution in [3.05, 3.63) is 0 Å². The SMILES string of the molecule is [Fe].[InH3].[PbH2].[Zn]. The molecule has 0 nitrogen and oxygen atoms in total. The first-order chi connectivity index (χ1) is 0. The summed E-state index contributed by atoms with van der Waals surface area (Å²) in [6.07, 6.45) is 0. The van der Waals surface area contributed by atoms with Gasteiger partial charge in [0.25, 0.3) is 0 Å². The Morgan fingerprint density at radius 1 is 1.00 bits per heavy atom. The van der Waals surface area contributed by atoms with Gasteiger partial charge in [-0.1, -0.05) is 0 Å². The molecular formula is H5FeInPbZn. The molecule has 0 aliphatic heterocycles. The van der Waals surface area contributed by atoms with Gasteiger partial charge in [-0.25, -0.2) is 0 Å². The molecule has 0 saturated carbocycles. The maximum atomic E-state index is 0. The van der Waals surface area contributed by atoms with Crippen molar-refractivity contribution in [2.24, 2.45) is 0 Å². The van der Waals surface area contributed by atoms with Crippen molar-refractivity contribution < 1.29 is 36.5 Å². The monoisotopic (exact) mass is 448 g/mol. The molecule has 0 rings (SSSR count). The van der Waals surface area contributed by atoms with Gasteiger partial charge in [-0.3, -0.25) is 0 Å². The number of rotatable bonds is 0. The molecule has 0 unspecified atom stereocenters. The molecule has 0 aromatic heterocycles. The van der Waals surface area contributed by atoms with E-state index in [2.05, 4.69) is 0 Å². The van der Waals surface area contributed by atoms with Gasteiger partial charge in [-0.2, -0.15) is 0 Å². The van der Waals surface area contributed by atoms with Crippen LogP contribution in [0.5, 0.6) is 0 Å². The van der Waals surface area contributed by atoms with Crippen molar-refractivity contribution in [2.45, 2.75) is 0 Å². The Kier molecular flexibility index (Phi) is 119. The second-order valence-electron chi connectivity index (χ2n) is 0. The molecule has 0 heterocycles. The second-order valence-corrected chi connectivity index (χ2v) is 0. The maximum absolute atomic E-state index is 0. The second kappa shape index (κ2) is 16.8. The smallest absolute Gasteiger partial charge is 0 e. The molecule has 2 radical (unpaired) electrons. The van der Waals surface area contributed by atoms with E-state index in [0.717, 1.165) is 0 Å². The normalized spacial score (nSPS) is 0. The van der Waals surface area contributed by atoms with Crippen molar-refractivity contribution in [2.75, 3.05) is 0 Å². The van der Waals surface area contributed by atoms with Gasteiger partial charge in [0.1, 0.15) is 0 Å². The van der Waals surface area contributed by atoms with E-state index < -0.39 is 0 Å². The molecule has 0 amide bonds. The summed E-state index contributed by atoms with van der Waals surface area (Å²) in [4.78, 5) is 0. The van der Waals surface area contributed by atoms with Crippen LogP contribution in [0, 0.1) is 0 Å². The summed E-state index contributed by atoms with van der Waals surface area (Å²) >= 11 is 0. The first-order valence-corrected chi connectivity index (χ1v) is 0. The summed E-state index contributed by atoms with van der Waals surface area (Å²) in [5.41, 5.74) is 0. The fourth-order valence-electron chi connectivity index (χ4n) is 0. The standard InChI is InChI=1S/Fe.In.Pb.Zn.5H. The van der Waals surface area contributed by atoms with Gasteiger partial charge in [-0.15, -0.1) is 0 Å². The van der Waals surface area contributed by atoms with Crippen molar-refractivity contribution in [3.63, 3.8) is 0 Å². The van der Waals surface area contributed by atoms with Gasteiger partial charge < -0.3 is 0 Å². The van der Waals surface area contributed by atoms with Crippen LogP contribution in [0.1, 0.15) is 0 Å². The molecule has 0 N–H and O–H groups in total. The van der Waals surface area contributed by atoms with Crippen LogP contribution >= 0.6 is 0 Å². The van der Waals surface area contributed by atoms with Crippen LogP contribution in [0.4, 0.5) is 0 Å². The average molecular weight is 448 g/mol. The summed E-state index contributed by atoms with van der Waals surface area (Å²) < 4.78 is 0. The summed E-state index contributed by atoms with van der Waals surface area (Å²) in [6.45, 7) is 0. The summed E-state index contributed by atoms with van der Waals surface area (Å²) in [5.74, 6) is 0. The van der Waals surface area contributed by atoms with Crippen molar-refractivity contribution >= 4 is 53.1 Å². The molecule has 22 valence electrons. The van der Waals surface area contributed by atoms with E-state index >= 15 is 0 Å². The van der Waals surface area contributed by atoms with Gasteiger partial charge in [0, 0.05) is 36.5 Å². The van der Waals surface area contributed by atoms with Gasteiger partial charge in [0.05, 0.1) is 0 Å². The largest absolute Gasteiger partial charge is 0 e. The molecule has 4 heteroatoms. The summed E-state index contributed by atoms with van der Waals surface area (Å²) in [5, 5.41) is 0. The Bertz CT molecular complexity index is 8.00.